The van der Waals surface area contributed by atoms with Crippen molar-refractivity contribution in [2.45, 2.75) is 19.8 Å². The molecule has 0 aliphatic heterocycles. The van der Waals surface area contributed by atoms with Gasteiger partial charge in [-0.05, 0) is 19.1 Å². The highest BCUT2D eigenvalue weighted by molar-refractivity contribution is 7.09. The number of rotatable bonds is 5. The fourth-order valence-corrected chi connectivity index (χ4v) is 3.14. The molecule has 0 atom stereocenters. The van der Waals surface area contributed by atoms with Crippen molar-refractivity contribution in [3.8, 4) is 0 Å². The highest BCUT2D eigenvalue weighted by atomic mass is 32.1. The van der Waals surface area contributed by atoms with Crippen molar-refractivity contribution in [3.05, 3.63) is 52.1 Å². The number of aromatic nitrogens is 2. The molecule has 6 heteroatoms. The maximum atomic E-state index is 12.0. The van der Waals surface area contributed by atoms with E-state index in [4.69, 9.17) is 5.73 Å². The Morgan fingerprint density at radius 1 is 1.26 bits per heavy atom. The van der Waals surface area contributed by atoms with Gasteiger partial charge in [0.25, 0.3) is 0 Å². The second-order valence-electron chi connectivity index (χ2n) is 5.38. The van der Waals surface area contributed by atoms with Crippen molar-refractivity contribution in [3.63, 3.8) is 0 Å². The van der Waals surface area contributed by atoms with E-state index in [9.17, 15) is 4.79 Å². The van der Waals surface area contributed by atoms with E-state index in [1.54, 1.807) is 11.3 Å². The number of nitrogen functional groups attached to an aromatic ring is 1. The third-order valence-electron chi connectivity index (χ3n) is 3.48. The average molecular weight is 326 g/mol. The van der Waals surface area contributed by atoms with Gasteiger partial charge < -0.3 is 11.1 Å². The zero-order valence-corrected chi connectivity index (χ0v) is 13.7. The summed E-state index contributed by atoms with van der Waals surface area (Å²) in [6, 6.07) is 9.48. The van der Waals surface area contributed by atoms with E-state index in [0.717, 1.165) is 33.7 Å². The van der Waals surface area contributed by atoms with Gasteiger partial charge in [-0.15, -0.1) is 11.3 Å². The number of hydrogen-bond donors (Lipinski definition) is 2. The Hall–Kier alpha value is -2.47. The number of para-hydroxylation sites is 1. The molecule has 118 valence electrons. The summed E-state index contributed by atoms with van der Waals surface area (Å²) in [5.74, 6) is -0.0420. The van der Waals surface area contributed by atoms with E-state index in [1.165, 1.54) is 0 Å². The molecule has 23 heavy (non-hydrogen) atoms. The second kappa shape index (κ2) is 6.75. The minimum atomic E-state index is -0.0420. The van der Waals surface area contributed by atoms with E-state index in [-0.39, 0.29) is 12.3 Å². The Kier molecular flexibility index (Phi) is 4.52. The Bertz CT molecular complexity index is 843. The van der Waals surface area contributed by atoms with Gasteiger partial charge in [-0.2, -0.15) is 0 Å². The second-order valence-corrected chi connectivity index (χ2v) is 6.32. The maximum Gasteiger partial charge on any atom is 0.226 e. The van der Waals surface area contributed by atoms with Crippen LogP contribution in [0.25, 0.3) is 10.9 Å². The Balaban J connectivity index is 1.58. The van der Waals surface area contributed by atoms with Crippen molar-refractivity contribution in [2.75, 3.05) is 12.3 Å². The molecule has 0 bridgehead atoms. The molecule has 0 unspecified atom stereocenters. The molecule has 2 aromatic heterocycles. The first-order chi connectivity index (χ1) is 11.1. The van der Waals surface area contributed by atoms with E-state index < -0.39 is 0 Å². The molecule has 5 nitrogen and oxygen atoms in total. The summed E-state index contributed by atoms with van der Waals surface area (Å²) in [5.41, 5.74) is 9.05. The number of thiazole rings is 1. The van der Waals surface area contributed by atoms with Gasteiger partial charge in [-0.25, -0.2) is 4.98 Å². The van der Waals surface area contributed by atoms with Crippen LogP contribution in [0.4, 0.5) is 5.69 Å². The molecule has 0 spiro atoms. The Labute approximate surface area is 138 Å². The van der Waals surface area contributed by atoms with Gasteiger partial charge in [-0.1, -0.05) is 18.2 Å². The quantitative estimate of drug-likeness (QED) is 0.706. The van der Waals surface area contributed by atoms with Crippen LogP contribution in [-0.4, -0.2) is 22.4 Å². The molecule has 1 amide bonds. The number of nitrogens with zero attached hydrogens (tertiary/aromatic N) is 2. The van der Waals surface area contributed by atoms with Crippen molar-refractivity contribution in [1.82, 2.24) is 15.3 Å². The van der Waals surface area contributed by atoms with E-state index in [2.05, 4.69) is 15.3 Å². The maximum absolute atomic E-state index is 12.0. The van der Waals surface area contributed by atoms with Crippen LogP contribution in [0.5, 0.6) is 0 Å². The standard InChI is InChI=1S/C17H18N4OS/c1-11-10-23-16(20-11)7-8-19-15(22)9-13-6-5-12-3-2-4-14(18)17(12)21-13/h2-6,10H,7-9,18H2,1H3,(H,19,22). The molecule has 0 aliphatic rings. The zero-order valence-electron chi connectivity index (χ0n) is 12.9. The van der Waals surface area contributed by atoms with Crippen LogP contribution in [0.1, 0.15) is 16.4 Å². The Morgan fingerprint density at radius 3 is 2.91 bits per heavy atom. The number of benzene rings is 1. The highest BCUT2D eigenvalue weighted by Gasteiger charge is 2.07. The summed E-state index contributed by atoms with van der Waals surface area (Å²) in [7, 11) is 0. The normalized spacial score (nSPS) is 10.8. The summed E-state index contributed by atoms with van der Waals surface area (Å²) in [6.07, 6.45) is 1.00. The molecular weight excluding hydrogens is 308 g/mol. The number of carbonyl (C=O) groups is 1. The van der Waals surface area contributed by atoms with Gasteiger partial charge >= 0.3 is 0 Å². The van der Waals surface area contributed by atoms with Crippen molar-refractivity contribution < 1.29 is 4.79 Å². The molecule has 3 rings (SSSR count). The van der Waals surface area contributed by atoms with Gasteiger partial charge in [0.15, 0.2) is 0 Å². The van der Waals surface area contributed by atoms with Crippen LogP contribution in [-0.2, 0) is 17.6 Å². The smallest absolute Gasteiger partial charge is 0.226 e. The fourth-order valence-electron chi connectivity index (χ4n) is 2.36. The summed E-state index contributed by atoms with van der Waals surface area (Å²) >= 11 is 1.62. The molecule has 3 aromatic rings. The van der Waals surface area contributed by atoms with Crippen LogP contribution in [0.3, 0.4) is 0 Å². The molecule has 0 aliphatic carbocycles. The van der Waals surface area contributed by atoms with Crippen LogP contribution in [0.2, 0.25) is 0 Å². The first-order valence-corrected chi connectivity index (χ1v) is 8.31. The first kappa shape index (κ1) is 15.4. The SMILES string of the molecule is Cc1csc(CCNC(=O)Cc2ccc3cccc(N)c3n2)n1. The van der Waals surface area contributed by atoms with Crippen LogP contribution < -0.4 is 11.1 Å². The lowest BCUT2D eigenvalue weighted by molar-refractivity contribution is -0.120. The first-order valence-electron chi connectivity index (χ1n) is 7.43. The number of pyridine rings is 1. The van der Waals surface area contributed by atoms with Crippen LogP contribution in [0.15, 0.2) is 35.7 Å². The van der Waals surface area contributed by atoms with E-state index in [0.29, 0.717) is 12.2 Å². The topological polar surface area (TPSA) is 80.9 Å². The predicted octanol–water partition coefficient (Wildman–Crippen LogP) is 2.48. The summed E-state index contributed by atoms with van der Waals surface area (Å²) < 4.78 is 0. The number of nitrogens with two attached hydrogens (primary N) is 1. The minimum Gasteiger partial charge on any atom is -0.397 e. The van der Waals surface area contributed by atoms with E-state index >= 15 is 0 Å². The van der Waals surface area contributed by atoms with Gasteiger partial charge in [0, 0.05) is 29.4 Å². The number of carbonyl (C=O) groups excluding carboxylic acids is 1. The Morgan fingerprint density at radius 2 is 2.13 bits per heavy atom. The fraction of sp³-hybridized carbons (Fsp3) is 0.235. The zero-order chi connectivity index (χ0) is 16.2. The minimum absolute atomic E-state index is 0.0420. The van der Waals surface area contributed by atoms with E-state index in [1.807, 2.05) is 42.6 Å². The lowest BCUT2D eigenvalue weighted by atomic mass is 10.1. The number of hydrogen-bond acceptors (Lipinski definition) is 5. The third kappa shape index (κ3) is 3.84. The highest BCUT2D eigenvalue weighted by Crippen LogP contribution is 2.19. The van der Waals surface area contributed by atoms with Crippen molar-refractivity contribution in [2.24, 2.45) is 0 Å². The molecule has 0 fully saturated rings. The molecule has 0 saturated carbocycles. The number of amides is 1. The van der Waals surface area contributed by atoms with Crippen LogP contribution in [0, 0.1) is 6.92 Å². The average Bonchev–Trinajstić information content (AvgIpc) is 2.94. The van der Waals surface area contributed by atoms with Crippen LogP contribution >= 0.6 is 11.3 Å². The van der Waals surface area contributed by atoms with Gasteiger partial charge in [0.2, 0.25) is 5.91 Å². The number of anilines is 1. The largest absolute Gasteiger partial charge is 0.397 e. The number of aryl methyl sites for hydroxylation is 1. The lowest BCUT2D eigenvalue weighted by Gasteiger charge is -2.06. The number of fused-ring (bicyclic) bond motifs is 1. The summed E-state index contributed by atoms with van der Waals surface area (Å²) in [6.45, 7) is 2.55. The molecule has 2 heterocycles. The van der Waals surface area contributed by atoms with Gasteiger partial charge in [-0.3, -0.25) is 9.78 Å². The lowest BCUT2D eigenvalue weighted by Crippen LogP contribution is -2.27. The predicted molar refractivity (Wildman–Crippen MR) is 93.4 cm³/mol. The third-order valence-corrected chi connectivity index (χ3v) is 4.50. The summed E-state index contributed by atoms with van der Waals surface area (Å²) in [5, 5.41) is 6.94. The molecular formula is C17H18N4OS. The van der Waals surface area contributed by atoms with Gasteiger partial charge in [0.1, 0.15) is 0 Å². The summed E-state index contributed by atoms with van der Waals surface area (Å²) in [4.78, 5) is 20.9. The van der Waals surface area contributed by atoms with Crippen molar-refractivity contribution >= 4 is 33.8 Å². The van der Waals surface area contributed by atoms with Gasteiger partial charge in [0.05, 0.1) is 28.3 Å². The monoisotopic (exact) mass is 326 g/mol. The molecule has 0 saturated heterocycles. The molecule has 1 aromatic carbocycles. The number of nitrogens with one attached hydrogen (secondary N) is 1. The molecule has 3 N–H and O–H groups in total. The van der Waals surface area contributed by atoms with Crippen molar-refractivity contribution in [1.29, 1.82) is 0 Å². The molecule has 0 radical (unpaired) electrons.